The van der Waals surface area contributed by atoms with Crippen LogP contribution in [0.25, 0.3) is 0 Å². The molecule has 0 atom stereocenters. The molecule has 0 aliphatic rings. The summed E-state index contributed by atoms with van der Waals surface area (Å²) in [6.45, 7) is 4.26. The molecule has 28 heavy (non-hydrogen) atoms. The minimum Gasteiger partial charge on any atom is -0.356 e. The quantitative estimate of drug-likeness (QED) is 0.652. The van der Waals surface area contributed by atoms with Crippen LogP contribution in [0.3, 0.4) is 0 Å². The van der Waals surface area contributed by atoms with E-state index in [1.54, 1.807) is 6.07 Å². The van der Waals surface area contributed by atoms with Crippen LogP contribution in [0.5, 0.6) is 0 Å². The number of thiophene rings is 1. The Hall–Kier alpha value is -2.07. The largest absolute Gasteiger partial charge is 0.416 e. The van der Waals surface area contributed by atoms with Crippen LogP contribution in [-0.4, -0.2) is 20.9 Å². The van der Waals surface area contributed by atoms with Gasteiger partial charge >= 0.3 is 6.18 Å². The van der Waals surface area contributed by atoms with Crippen molar-refractivity contribution in [1.82, 2.24) is 5.32 Å². The van der Waals surface area contributed by atoms with E-state index in [4.69, 9.17) is 0 Å². The van der Waals surface area contributed by atoms with Crippen LogP contribution in [0.4, 0.5) is 18.9 Å². The van der Waals surface area contributed by atoms with E-state index in [0.717, 1.165) is 34.4 Å². The van der Waals surface area contributed by atoms with E-state index >= 15 is 0 Å². The fraction of sp³-hybridized carbons (Fsp3) is 0.389. The topological polar surface area (TPSA) is 75.3 Å². The van der Waals surface area contributed by atoms with Crippen molar-refractivity contribution in [3.8, 4) is 0 Å². The maximum absolute atomic E-state index is 12.8. The second-order valence-corrected chi connectivity index (χ2v) is 9.68. The van der Waals surface area contributed by atoms with Gasteiger partial charge in [-0.25, -0.2) is 8.42 Å². The third kappa shape index (κ3) is 6.52. The zero-order valence-electron chi connectivity index (χ0n) is 15.3. The number of halogens is 3. The molecule has 0 saturated heterocycles. The van der Waals surface area contributed by atoms with Crippen molar-refractivity contribution < 1.29 is 26.4 Å². The van der Waals surface area contributed by atoms with Crippen LogP contribution < -0.4 is 10.0 Å². The Balaban J connectivity index is 2.01. The number of nitrogens with one attached hydrogen (secondary N) is 2. The van der Waals surface area contributed by atoms with Gasteiger partial charge in [-0.2, -0.15) is 13.2 Å². The van der Waals surface area contributed by atoms with Gasteiger partial charge in [-0.05, 0) is 42.7 Å². The van der Waals surface area contributed by atoms with Crippen LogP contribution >= 0.6 is 11.3 Å². The molecule has 2 aromatic rings. The standard InChI is InChI=1S/C18H21F3N2O3S2/c1-12(2)10-16(24)22-9-8-15-6-7-17(27-15)28(25,26)23-14-5-3-4-13(11-14)18(19,20)21/h3-7,11-12,23H,8-10H2,1-2H3,(H,22,24). The molecule has 1 heterocycles. The minimum absolute atomic E-state index is 0.00609. The van der Waals surface area contributed by atoms with Gasteiger partial charge in [0.2, 0.25) is 5.91 Å². The highest BCUT2D eigenvalue weighted by Crippen LogP contribution is 2.31. The normalized spacial score (nSPS) is 12.2. The molecule has 2 rings (SSSR count). The summed E-state index contributed by atoms with van der Waals surface area (Å²) in [7, 11) is -4.00. The zero-order chi connectivity index (χ0) is 20.9. The lowest BCUT2D eigenvalue weighted by atomic mass is 10.1. The number of carbonyl (C=O) groups is 1. The van der Waals surface area contributed by atoms with Gasteiger partial charge in [-0.15, -0.1) is 11.3 Å². The minimum atomic E-state index is -4.56. The van der Waals surface area contributed by atoms with Gasteiger partial charge in [0, 0.05) is 23.5 Å². The fourth-order valence-corrected chi connectivity index (χ4v) is 4.77. The van der Waals surface area contributed by atoms with Crippen molar-refractivity contribution in [2.75, 3.05) is 11.3 Å². The SMILES string of the molecule is CC(C)CC(=O)NCCc1ccc(S(=O)(=O)Nc2cccc(C(F)(F)F)c2)s1. The summed E-state index contributed by atoms with van der Waals surface area (Å²) in [6, 6.07) is 7.03. The Morgan fingerprint density at radius 1 is 1.18 bits per heavy atom. The summed E-state index contributed by atoms with van der Waals surface area (Å²) in [5.41, 5.74) is -1.09. The van der Waals surface area contributed by atoms with Gasteiger partial charge in [-0.1, -0.05) is 19.9 Å². The van der Waals surface area contributed by atoms with Gasteiger partial charge < -0.3 is 5.32 Å². The second-order valence-electron chi connectivity index (χ2n) is 6.60. The molecule has 0 unspecified atom stereocenters. The molecule has 154 valence electrons. The van der Waals surface area contributed by atoms with Crippen LogP contribution in [0.15, 0.2) is 40.6 Å². The smallest absolute Gasteiger partial charge is 0.356 e. The highest BCUT2D eigenvalue weighted by molar-refractivity contribution is 7.94. The zero-order valence-corrected chi connectivity index (χ0v) is 17.0. The molecular formula is C18H21F3N2O3S2. The Kier molecular flexibility index (Phi) is 7.11. The first-order chi connectivity index (χ1) is 13.0. The number of benzene rings is 1. The molecule has 0 aliphatic heterocycles. The average molecular weight is 435 g/mol. The van der Waals surface area contributed by atoms with E-state index in [0.29, 0.717) is 19.4 Å². The van der Waals surface area contributed by atoms with Crippen molar-refractivity contribution in [3.05, 3.63) is 46.8 Å². The number of rotatable bonds is 8. The molecule has 0 saturated carbocycles. The summed E-state index contributed by atoms with van der Waals surface area (Å²) in [6.07, 6.45) is -3.67. The molecule has 1 aromatic heterocycles. The highest BCUT2D eigenvalue weighted by Gasteiger charge is 2.30. The number of hydrogen-bond acceptors (Lipinski definition) is 4. The molecule has 5 nitrogen and oxygen atoms in total. The van der Waals surface area contributed by atoms with E-state index in [1.165, 1.54) is 12.1 Å². The lowest BCUT2D eigenvalue weighted by Crippen LogP contribution is -2.26. The van der Waals surface area contributed by atoms with Crippen LogP contribution in [0.2, 0.25) is 0 Å². The molecular weight excluding hydrogens is 413 g/mol. The predicted octanol–water partition coefficient (Wildman–Crippen LogP) is 4.27. The molecule has 0 radical (unpaired) electrons. The van der Waals surface area contributed by atoms with Gasteiger partial charge in [0.05, 0.1) is 5.56 Å². The van der Waals surface area contributed by atoms with Crippen LogP contribution in [0, 0.1) is 5.92 Å². The lowest BCUT2D eigenvalue weighted by Gasteiger charge is -2.10. The number of hydrogen-bond donors (Lipinski definition) is 2. The molecule has 0 bridgehead atoms. The average Bonchev–Trinajstić information content (AvgIpc) is 3.03. The van der Waals surface area contributed by atoms with Gasteiger partial charge in [0.25, 0.3) is 10.0 Å². The van der Waals surface area contributed by atoms with E-state index in [-0.39, 0.29) is 21.7 Å². The summed E-state index contributed by atoms with van der Waals surface area (Å²) in [5.74, 6) is 0.186. The molecule has 2 N–H and O–H groups in total. The Labute approximate surface area is 166 Å². The number of anilines is 1. The maximum atomic E-state index is 12.8. The van der Waals surface area contributed by atoms with Crippen molar-refractivity contribution in [1.29, 1.82) is 0 Å². The molecule has 10 heteroatoms. The van der Waals surface area contributed by atoms with E-state index < -0.39 is 21.8 Å². The van der Waals surface area contributed by atoms with E-state index in [9.17, 15) is 26.4 Å². The van der Waals surface area contributed by atoms with Crippen LogP contribution in [0.1, 0.15) is 30.7 Å². The molecule has 1 amide bonds. The predicted molar refractivity (Wildman–Crippen MR) is 103 cm³/mol. The number of sulfonamides is 1. The third-order valence-corrected chi connectivity index (χ3v) is 6.65. The number of carbonyl (C=O) groups excluding carboxylic acids is 1. The first-order valence-electron chi connectivity index (χ1n) is 8.53. The monoisotopic (exact) mass is 434 g/mol. The Morgan fingerprint density at radius 3 is 2.54 bits per heavy atom. The second kappa shape index (κ2) is 8.95. The lowest BCUT2D eigenvalue weighted by molar-refractivity contribution is -0.137. The van der Waals surface area contributed by atoms with Crippen molar-refractivity contribution >= 4 is 33.0 Å². The van der Waals surface area contributed by atoms with Crippen LogP contribution in [-0.2, 0) is 27.4 Å². The maximum Gasteiger partial charge on any atom is 0.416 e. The van der Waals surface area contributed by atoms with Crippen molar-refractivity contribution in [3.63, 3.8) is 0 Å². The number of amides is 1. The summed E-state index contributed by atoms with van der Waals surface area (Å²) >= 11 is 1.01. The fourth-order valence-electron chi connectivity index (χ4n) is 2.37. The Morgan fingerprint density at radius 2 is 1.89 bits per heavy atom. The summed E-state index contributed by atoms with van der Waals surface area (Å²) in [4.78, 5) is 12.4. The van der Waals surface area contributed by atoms with E-state index in [1.807, 2.05) is 13.8 Å². The van der Waals surface area contributed by atoms with Gasteiger partial charge in [0.15, 0.2) is 0 Å². The third-order valence-electron chi connectivity index (χ3n) is 3.63. The molecule has 0 fully saturated rings. The highest BCUT2D eigenvalue weighted by atomic mass is 32.2. The first-order valence-corrected chi connectivity index (χ1v) is 10.8. The molecule has 1 aromatic carbocycles. The Bertz CT molecular complexity index is 922. The van der Waals surface area contributed by atoms with Crippen molar-refractivity contribution in [2.45, 2.75) is 37.1 Å². The summed E-state index contributed by atoms with van der Waals surface area (Å²) < 4.78 is 65.3. The molecule has 0 spiro atoms. The summed E-state index contributed by atoms with van der Waals surface area (Å²) in [5, 5.41) is 2.77. The first kappa shape index (κ1) is 22.2. The molecule has 0 aliphatic carbocycles. The van der Waals surface area contributed by atoms with Gasteiger partial charge in [-0.3, -0.25) is 9.52 Å². The van der Waals surface area contributed by atoms with Gasteiger partial charge in [0.1, 0.15) is 4.21 Å². The van der Waals surface area contributed by atoms with Crippen molar-refractivity contribution in [2.24, 2.45) is 5.92 Å². The number of alkyl halides is 3. The van der Waals surface area contributed by atoms with E-state index in [2.05, 4.69) is 10.0 Å².